The van der Waals surface area contributed by atoms with Crippen molar-refractivity contribution in [2.45, 2.75) is 0 Å². The molecule has 4 rings (SSSR count). The summed E-state index contributed by atoms with van der Waals surface area (Å²) in [7, 11) is 0. The molecular formula is C19H14ClN3O2S. The SMILES string of the molecule is O=C(COc1ccc(Cl)cc1)Nc1ccc(-c2cn3ccsc3n2)cc1. The van der Waals surface area contributed by atoms with Crippen LogP contribution in [0.15, 0.2) is 66.3 Å². The molecule has 4 aromatic rings. The number of ether oxygens (including phenoxy) is 1. The van der Waals surface area contributed by atoms with E-state index in [2.05, 4.69) is 10.3 Å². The van der Waals surface area contributed by atoms with Crippen LogP contribution < -0.4 is 10.1 Å². The lowest BCUT2D eigenvalue weighted by atomic mass is 10.1. The van der Waals surface area contributed by atoms with E-state index in [4.69, 9.17) is 16.3 Å². The Hall–Kier alpha value is -2.83. The first-order valence-electron chi connectivity index (χ1n) is 7.88. The van der Waals surface area contributed by atoms with Gasteiger partial charge in [-0.05, 0) is 36.4 Å². The normalized spacial score (nSPS) is 10.8. The second kappa shape index (κ2) is 7.19. The van der Waals surface area contributed by atoms with Gasteiger partial charge in [0.05, 0.1) is 5.69 Å². The quantitative estimate of drug-likeness (QED) is 0.541. The van der Waals surface area contributed by atoms with Crippen LogP contribution in [-0.2, 0) is 4.79 Å². The number of rotatable bonds is 5. The highest BCUT2D eigenvalue weighted by Crippen LogP contribution is 2.23. The molecule has 0 radical (unpaired) electrons. The first-order valence-corrected chi connectivity index (χ1v) is 9.14. The third-order valence-corrected chi connectivity index (χ3v) is 4.76. The van der Waals surface area contributed by atoms with Gasteiger partial charge in [-0.2, -0.15) is 0 Å². The molecule has 7 heteroatoms. The molecule has 0 saturated heterocycles. The number of amides is 1. The number of benzene rings is 2. The number of halogens is 1. The average Bonchev–Trinajstić information content (AvgIpc) is 3.24. The lowest BCUT2D eigenvalue weighted by molar-refractivity contribution is -0.118. The van der Waals surface area contributed by atoms with E-state index in [0.29, 0.717) is 16.5 Å². The molecule has 0 bridgehead atoms. The Kier molecular flexibility index (Phi) is 4.60. The van der Waals surface area contributed by atoms with Crippen molar-refractivity contribution in [3.05, 3.63) is 71.3 Å². The van der Waals surface area contributed by atoms with E-state index in [0.717, 1.165) is 16.2 Å². The zero-order valence-corrected chi connectivity index (χ0v) is 15.1. The Morgan fingerprint density at radius 1 is 1.15 bits per heavy atom. The second-order valence-corrected chi connectivity index (χ2v) is 6.90. The molecule has 130 valence electrons. The molecule has 1 amide bonds. The van der Waals surface area contributed by atoms with Crippen LogP contribution in [-0.4, -0.2) is 21.9 Å². The first-order chi connectivity index (χ1) is 12.7. The highest BCUT2D eigenvalue weighted by atomic mass is 35.5. The van der Waals surface area contributed by atoms with E-state index in [1.54, 1.807) is 35.6 Å². The molecule has 26 heavy (non-hydrogen) atoms. The van der Waals surface area contributed by atoms with E-state index in [-0.39, 0.29) is 12.5 Å². The number of thiazole rings is 1. The standard InChI is InChI=1S/C19H14ClN3O2S/c20-14-3-7-16(8-4-14)25-12-18(24)21-15-5-1-13(2-6-15)17-11-23-9-10-26-19(23)22-17/h1-11H,12H2,(H,21,24). The number of carbonyl (C=O) groups excluding carboxylic acids is 1. The van der Waals surface area contributed by atoms with Crippen LogP contribution in [0.2, 0.25) is 5.02 Å². The summed E-state index contributed by atoms with van der Waals surface area (Å²) in [5.41, 5.74) is 2.61. The first kappa shape index (κ1) is 16.6. The van der Waals surface area contributed by atoms with Gasteiger partial charge < -0.3 is 10.1 Å². The van der Waals surface area contributed by atoms with Crippen molar-refractivity contribution >= 4 is 39.5 Å². The number of imidazole rings is 1. The molecular weight excluding hydrogens is 370 g/mol. The number of hydrogen-bond acceptors (Lipinski definition) is 4. The molecule has 0 aliphatic heterocycles. The predicted octanol–water partition coefficient (Wildman–Crippen LogP) is 4.73. The van der Waals surface area contributed by atoms with Crippen LogP contribution in [0.25, 0.3) is 16.2 Å². The van der Waals surface area contributed by atoms with Gasteiger partial charge >= 0.3 is 0 Å². The second-order valence-electron chi connectivity index (χ2n) is 5.59. The van der Waals surface area contributed by atoms with Gasteiger partial charge in [0.15, 0.2) is 11.6 Å². The fourth-order valence-corrected chi connectivity index (χ4v) is 3.29. The summed E-state index contributed by atoms with van der Waals surface area (Å²) in [6.45, 7) is -0.0687. The minimum Gasteiger partial charge on any atom is -0.484 e. The highest BCUT2D eigenvalue weighted by Gasteiger charge is 2.07. The maximum absolute atomic E-state index is 12.0. The maximum Gasteiger partial charge on any atom is 0.262 e. The van der Waals surface area contributed by atoms with Crippen molar-refractivity contribution in [3.63, 3.8) is 0 Å². The Labute approximate surface area is 158 Å². The number of nitrogens with one attached hydrogen (secondary N) is 1. The predicted molar refractivity (Wildman–Crippen MR) is 104 cm³/mol. The topological polar surface area (TPSA) is 55.6 Å². The van der Waals surface area contributed by atoms with Crippen LogP contribution >= 0.6 is 22.9 Å². The number of aromatic nitrogens is 2. The summed E-state index contributed by atoms with van der Waals surface area (Å²) in [5, 5.41) is 5.43. The summed E-state index contributed by atoms with van der Waals surface area (Å²) in [6, 6.07) is 14.4. The third kappa shape index (κ3) is 3.71. The van der Waals surface area contributed by atoms with Gasteiger partial charge in [0.25, 0.3) is 5.91 Å². The van der Waals surface area contributed by atoms with Crippen LogP contribution in [0.1, 0.15) is 0 Å². The number of anilines is 1. The van der Waals surface area contributed by atoms with E-state index in [1.807, 2.05) is 46.4 Å². The minimum atomic E-state index is -0.227. The molecule has 0 atom stereocenters. The Bertz CT molecular complexity index is 1010. The monoisotopic (exact) mass is 383 g/mol. The molecule has 2 aromatic carbocycles. The van der Waals surface area contributed by atoms with Crippen molar-refractivity contribution < 1.29 is 9.53 Å². The summed E-state index contributed by atoms with van der Waals surface area (Å²) in [4.78, 5) is 17.5. The number of nitrogens with zero attached hydrogens (tertiary/aromatic N) is 2. The van der Waals surface area contributed by atoms with Gasteiger partial charge in [-0.3, -0.25) is 9.20 Å². The van der Waals surface area contributed by atoms with Gasteiger partial charge in [-0.25, -0.2) is 4.98 Å². The van der Waals surface area contributed by atoms with E-state index in [1.165, 1.54) is 0 Å². The molecule has 2 heterocycles. The van der Waals surface area contributed by atoms with Crippen LogP contribution in [0.4, 0.5) is 5.69 Å². The summed E-state index contributed by atoms with van der Waals surface area (Å²) >= 11 is 7.41. The van der Waals surface area contributed by atoms with Gasteiger partial charge in [-0.1, -0.05) is 23.7 Å². The molecule has 0 aliphatic carbocycles. The zero-order valence-electron chi connectivity index (χ0n) is 13.6. The van der Waals surface area contributed by atoms with Gasteiger partial charge in [0.2, 0.25) is 0 Å². The summed E-state index contributed by atoms with van der Waals surface area (Å²) < 4.78 is 7.42. The zero-order chi connectivity index (χ0) is 17.9. The molecule has 0 spiro atoms. The molecule has 0 saturated carbocycles. The lowest BCUT2D eigenvalue weighted by Gasteiger charge is -2.08. The van der Waals surface area contributed by atoms with Crippen molar-refractivity contribution in [1.82, 2.24) is 9.38 Å². The van der Waals surface area contributed by atoms with Gasteiger partial charge in [-0.15, -0.1) is 11.3 Å². The van der Waals surface area contributed by atoms with Crippen molar-refractivity contribution in [2.75, 3.05) is 11.9 Å². The number of fused-ring (bicyclic) bond motifs is 1. The Morgan fingerprint density at radius 3 is 2.65 bits per heavy atom. The lowest BCUT2D eigenvalue weighted by Crippen LogP contribution is -2.20. The molecule has 2 aromatic heterocycles. The maximum atomic E-state index is 12.0. The van der Waals surface area contributed by atoms with E-state index >= 15 is 0 Å². The largest absolute Gasteiger partial charge is 0.484 e. The molecule has 1 N–H and O–H groups in total. The van der Waals surface area contributed by atoms with Crippen molar-refractivity contribution in [3.8, 4) is 17.0 Å². The van der Waals surface area contributed by atoms with Crippen molar-refractivity contribution in [2.24, 2.45) is 0 Å². The van der Waals surface area contributed by atoms with E-state index in [9.17, 15) is 4.79 Å². The fourth-order valence-electron chi connectivity index (χ4n) is 2.47. The molecule has 5 nitrogen and oxygen atoms in total. The Balaban J connectivity index is 1.36. The summed E-state index contributed by atoms with van der Waals surface area (Å²) in [5.74, 6) is 0.370. The molecule has 0 fully saturated rings. The number of carbonyl (C=O) groups is 1. The number of hydrogen-bond donors (Lipinski definition) is 1. The molecule has 0 unspecified atom stereocenters. The van der Waals surface area contributed by atoms with Crippen LogP contribution in [0.5, 0.6) is 5.75 Å². The fraction of sp³-hybridized carbons (Fsp3) is 0.0526. The van der Waals surface area contributed by atoms with E-state index < -0.39 is 0 Å². The average molecular weight is 384 g/mol. The van der Waals surface area contributed by atoms with Crippen LogP contribution in [0, 0.1) is 0 Å². The van der Waals surface area contributed by atoms with Crippen LogP contribution in [0.3, 0.4) is 0 Å². The highest BCUT2D eigenvalue weighted by molar-refractivity contribution is 7.15. The summed E-state index contributed by atoms with van der Waals surface area (Å²) in [6.07, 6.45) is 3.96. The minimum absolute atomic E-state index is 0.0687. The smallest absolute Gasteiger partial charge is 0.262 e. The van der Waals surface area contributed by atoms with Gasteiger partial charge in [0.1, 0.15) is 5.75 Å². The van der Waals surface area contributed by atoms with Gasteiger partial charge in [0, 0.05) is 34.0 Å². The Morgan fingerprint density at radius 2 is 1.92 bits per heavy atom. The third-order valence-electron chi connectivity index (χ3n) is 3.74. The van der Waals surface area contributed by atoms with Crippen molar-refractivity contribution in [1.29, 1.82) is 0 Å². The molecule has 0 aliphatic rings.